The number of hydrogen-bond acceptors (Lipinski definition) is 4. The summed E-state index contributed by atoms with van der Waals surface area (Å²) < 4.78 is 5.23. The van der Waals surface area contributed by atoms with E-state index in [1.165, 1.54) is 5.01 Å². The SMILES string of the molecule is CN(C)NC(=O)COc1ccccc1C#N. The molecule has 5 heteroatoms. The van der Waals surface area contributed by atoms with Gasteiger partial charge in [0.05, 0.1) is 5.56 Å². The molecule has 0 aromatic heterocycles. The summed E-state index contributed by atoms with van der Waals surface area (Å²) >= 11 is 0. The molecule has 0 fully saturated rings. The third kappa shape index (κ3) is 3.59. The van der Waals surface area contributed by atoms with Gasteiger partial charge >= 0.3 is 0 Å². The minimum Gasteiger partial charge on any atom is -0.482 e. The minimum atomic E-state index is -0.266. The fourth-order valence-electron chi connectivity index (χ4n) is 1.11. The van der Waals surface area contributed by atoms with Crippen LogP contribution in [0.1, 0.15) is 5.56 Å². The van der Waals surface area contributed by atoms with Crippen molar-refractivity contribution in [3.8, 4) is 11.8 Å². The number of amides is 1. The van der Waals surface area contributed by atoms with Crippen molar-refractivity contribution in [3.05, 3.63) is 29.8 Å². The van der Waals surface area contributed by atoms with Crippen LogP contribution in [0, 0.1) is 11.3 Å². The Bertz CT molecular complexity index is 410. The molecule has 0 aliphatic rings. The lowest BCUT2D eigenvalue weighted by Gasteiger charge is -2.12. The summed E-state index contributed by atoms with van der Waals surface area (Å²) in [5.74, 6) is 0.150. The first-order valence-corrected chi connectivity index (χ1v) is 4.72. The van der Waals surface area contributed by atoms with Crippen LogP contribution in [0.25, 0.3) is 0 Å². The van der Waals surface area contributed by atoms with Crippen LogP contribution in [-0.2, 0) is 4.79 Å². The number of nitriles is 1. The van der Waals surface area contributed by atoms with Gasteiger partial charge in [-0.2, -0.15) is 5.26 Å². The van der Waals surface area contributed by atoms with E-state index >= 15 is 0 Å². The van der Waals surface area contributed by atoms with E-state index in [0.29, 0.717) is 11.3 Å². The van der Waals surface area contributed by atoms with Crippen molar-refractivity contribution in [1.29, 1.82) is 5.26 Å². The number of nitrogens with zero attached hydrogens (tertiary/aromatic N) is 2. The Morgan fingerprint density at radius 2 is 2.19 bits per heavy atom. The molecule has 5 nitrogen and oxygen atoms in total. The van der Waals surface area contributed by atoms with Crippen molar-refractivity contribution >= 4 is 5.91 Å². The number of nitrogens with one attached hydrogen (secondary N) is 1. The van der Waals surface area contributed by atoms with Crippen molar-refractivity contribution in [1.82, 2.24) is 10.4 Å². The molecule has 0 atom stereocenters. The highest BCUT2D eigenvalue weighted by Crippen LogP contribution is 2.15. The number of hydrazine groups is 1. The van der Waals surface area contributed by atoms with Gasteiger partial charge in [-0.1, -0.05) is 12.1 Å². The number of ether oxygens (including phenoxy) is 1. The molecule has 0 saturated heterocycles. The van der Waals surface area contributed by atoms with Crippen molar-refractivity contribution in [2.45, 2.75) is 0 Å². The lowest BCUT2D eigenvalue weighted by Crippen LogP contribution is -2.39. The maximum absolute atomic E-state index is 11.3. The fourth-order valence-corrected chi connectivity index (χ4v) is 1.11. The molecule has 0 saturated carbocycles. The number of hydrogen-bond donors (Lipinski definition) is 1. The van der Waals surface area contributed by atoms with Gasteiger partial charge in [0.15, 0.2) is 6.61 Å². The Kier molecular flexibility index (Phi) is 4.30. The zero-order chi connectivity index (χ0) is 12.0. The van der Waals surface area contributed by atoms with Gasteiger partial charge in [-0.05, 0) is 12.1 Å². The Morgan fingerprint density at radius 1 is 1.50 bits per heavy atom. The van der Waals surface area contributed by atoms with Crippen molar-refractivity contribution < 1.29 is 9.53 Å². The summed E-state index contributed by atoms with van der Waals surface area (Å²) in [6.07, 6.45) is 0. The predicted octanol–water partition coefficient (Wildman–Crippen LogP) is 0.530. The van der Waals surface area contributed by atoms with Crippen LogP contribution >= 0.6 is 0 Å². The summed E-state index contributed by atoms with van der Waals surface area (Å²) in [6.45, 7) is -0.114. The zero-order valence-electron chi connectivity index (χ0n) is 9.23. The molecule has 1 rings (SSSR count). The number of benzene rings is 1. The van der Waals surface area contributed by atoms with Gasteiger partial charge in [-0.3, -0.25) is 10.2 Å². The van der Waals surface area contributed by atoms with E-state index in [4.69, 9.17) is 10.00 Å². The zero-order valence-corrected chi connectivity index (χ0v) is 9.23. The third-order valence-electron chi connectivity index (χ3n) is 1.71. The molecule has 0 radical (unpaired) electrons. The highest BCUT2D eigenvalue weighted by Gasteiger charge is 2.06. The highest BCUT2D eigenvalue weighted by molar-refractivity contribution is 5.77. The summed E-state index contributed by atoms with van der Waals surface area (Å²) in [6, 6.07) is 8.78. The molecule has 1 aromatic carbocycles. The quantitative estimate of drug-likeness (QED) is 0.750. The molecule has 16 heavy (non-hydrogen) atoms. The number of carbonyl (C=O) groups is 1. The van der Waals surface area contributed by atoms with Crippen LogP contribution in [0.5, 0.6) is 5.75 Å². The Balaban J connectivity index is 2.55. The fraction of sp³-hybridized carbons (Fsp3) is 0.273. The van der Waals surface area contributed by atoms with E-state index in [9.17, 15) is 4.79 Å². The van der Waals surface area contributed by atoms with Crippen LogP contribution in [0.3, 0.4) is 0 Å². The van der Waals surface area contributed by atoms with E-state index in [1.807, 2.05) is 6.07 Å². The van der Waals surface area contributed by atoms with E-state index in [2.05, 4.69) is 5.43 Å². The van der Waals surface area contributed by atoms with Crippen molar-refractivity contribution in [3.63, 3.8) is 0 Å². The van der Waals surface area contributed by atoms with Gasteiger partial charge in [0.1, 0.15) is 11.8 Å². The number of para-hydroxylation sites is 1. The molecule has 84 valence electrons. The molecule has 0 spiro atoms. The molecular formula is C11H13N3O2. The minimum absolute atomic E-state index is 0.114. The number of rotatable bonds is 4. The van der Waals surface area contributed by atoms with Gasteiger partial charge in [0, 0.05) is 14.1 Å². The second-order valence-electron chi connectivity index (χ2n) is 3.33. The Morgan fingerprint density at radius 3 is 2.81 bits per heavy atom. The highest BCUT2D eigenvalue weighted by atomic mass is 16.5. The molecule has 0 aliphatic heterocycles. The van der Waals surface area contributed by atoms with E-state index in [-0.39, 0.29) is 12.5 Å². The van der Waals surface area contributed by atoms with Crippen LogP contribution < -0.4 is 10.2 Å². The predicted molar refractivity (Wildman–Crippen MR) is 58.5 cm³/mol. The summed E-state index contributed by atoms with van der Waals surface area (Å²) in [7, 11) is 3.42. The first kappa shape index (κ1) is 12.0. The normalized spacial score (nSPS) is 9.62. The molecule has 0 aliphatic carbocycles. The molecule has 0 bridgehead atoms. The maximum atomic E-state index is 11.3. The largest absolute Gasteiger partial charge is 0.482 e. The standard InChI is InChI=1S/C11H13N3O2/c1-14(2)13-11(15)8-16-10-6-4-3-5-9(10)7-12/h3-6H,8H2,1-2H3,(H,13,15). The lowest BCUT2D eigenvalue weighted by atomic mass is 10.2. The molecule has 0 heterocycles. The average molecular weight is 219 g/mol. The van der Waals surface area contributed by atoms with Gasteiger partial charge in [-0.15, -0.1) is 0 Å². The van der Waals surface area contributed by atoms with E-state index < -0.39 is 0 Å². The molecular weight excluding hydrogens is 206 g/mol. The molecule has 1 N–H and O–H groups in total. The maximum Gasteiger partial charge on any atom is 0.272 e. The first-order valence-electron chi connectivity index (χ1n) is 4.72. The third-order valence-corrected chi connectivity index (χ3v) is 1.71. The van der Waals surface area contributed by atoms with Gasteiger partial charge in [0.25, 0.3) is 5.91 Å². The first-order chi connectivity index (χ1) is 7.63. The second kappa shape index (κ2) is 5.73. The summed E-state index contributed by atoms with van der Waals surface area (Å²) in [4.78, 5) is 11.3. The Hall–Kier alpha value is -2.06. The smallest absolute Gasteiger partial charge is 0.272 e. The molecule has 1 amide bonds. The van der Waals surface area contributed by atoms with Crippen molar-refractivity contribution in [2.75, 3.05) is 20.7 Å². The van der Waals surface area contributed by atoms with Gasteiger partial charge in [0.2, 0.25) is 0 Å². The van der Waals surface area contributed by atoms with Crippen molar-refractivity contribution in [2.24, 2.45) is 0 Å². The summed E-state index contributed by atoms with van der Waals surface area (Å²) in [5, 5.41) is 10.3. The molecule has 0 unspecified atom stereocenters. The topological polar surface area (TPSA) is 65.4 Å². The van der Waals surface area contributed by atoms with Crippen LogP contribution in [0.2, 0.25) is 0 Å². The lowest BCUT2D eigenvalue weighted by molar-refractivity contribution is -0.126. The second-order valence-corrected chi connectivity index (χ2v) is 3.33. The van der Waals surface area contributed by atoms with Crippen LogP contribution in [-0.4, -0.2) is 31.6 Å². The van der Waals surface area contributed by atoms with Crippen LogP contribution in [0.4, 0.5) is 0 Å². The Labute approximate surface area is 94.2 Å². The van der Waals surface area contributed by atoms with E-state index in [1.54, 1.807) is 38.4 Å². The number of carbonyl (C=O) groups excluding carboxylic acids is 1. The van der Waals surface area contributed by atoms with Gasteiger partial charge < -0.3 is 4.74 Å². The summed E-state index contributed by atoms with van der Waals surface area (Å²) in [5.41, 5.74) is 2.95. The average Bonchev–Trinajstić information content (AvgIpc) is 2.26. The van der Waals surface area contributed by atoms with Gasteiger partial charge in [-0.25, -0.2) is 5.01 Å². The van der Waals surface area contributed by atoms with Crippen LogP contribution in [0.15, 0.2) is 24.3 Å². The van der Waals surface area contributed by atoms with E-state index in [0.717, 1.165) is 0 Å². The monoisotopic (exact) mass is 219 g/mol. The molecule has 1 aromatic rings.